The monoisotopic (exact) mass is 379 g/mol. The lowest BCUT2D eigenvalue weighted by atomic mass is 10.0. The molecule has 0 saturated carbocycles. The summed E-state index contributed by atoms with van der Waals surface area (Å²) in [5, 5.41) is 0. The number of alkyl halides is 3. The van der Waals surface area contributed by atoms with Gasteiger partial charge in [0.25, 0.3) is 5.56 Å². The van der Waals surface area contributed by atoms with Crippen molar-refractivity contribution in [1.29, 1.82) is 0 Å². The van der Waals surface area contributed by atoms with Gasteiger partial charge >= 0.3 is 6.18 Å². The van der Waals surface area contributed by atoms with Crippen LogP contribution in [0.25, 0.3) is 11.3 Å². The SMILES string of the molecule is CC1CCCN(C(=O)Cn2cnc(-c3ccc(C(F)(F)F)cc3)cc2=O)C1. The lowest BCUT2D eigenvalue weighted by Gasteiger charge is -2.31. The Bertz CT molecular complexity index is 875. The fraction of sp³-hybridized carbons (Fsp3) is 0.421. The van der Waals surface area contributed by atoms with E-state index in [9.17, 15) is 22.8 Å². The molecule has 5 nitrogen and oxygen atoms in total. The van der Waals surface area contributed by atoms with Crippen LogP contribution in [0.1, 0.15) is 25.3 Å². The van der Waals surface area contributed by atoms with Crippen molar-refractivity contribution in [2.24, 2.45) is 5.92 Å². The van der Waals surface area contributed by atoms with Crippen LogP contribution in [0.3, 0.4) is 0 Å². The van der Waals surface area contributed by atoms with Crippen LogP contribution in [0.5, 0.6) is 0 Å². The smallest absolute Gasteiger partial charge is 0.341 e. The third kappa shape index (κ3) is 4.56. The topological polar surface area (TPSA) is 55.2 Å². The number of aromatic nitrogens is 2. The fourth-order valence-electron chi connectivity index (χ4n) is 3.19. The Balaban J connectivity index is 1.74. The van der Waals surface area contributed by atoms with Gasteiger partial charge in [-0.3, -0.25) is 14.2 Å². The molecule has 1 aromatic heterocycles. The number of likely N-dealkylation sites (tertiary alicyclic amines) is 1. The van der Waals surface area contributed by atoms with Crippen LogP contribution in [-0.4, -0.2) is 33.4 Å². The van der Waals surface area contributed by atoms with Crippen molar-refractivity contribution in [3.8, 4) is 11.3 Å². The lowest BCUT2D eigenvalue weighted by Crippen LogP contribution is -2.42. The minimum Gasteiger partial charge on any atom is -0.341 e. The van der Waals surface area contributed by atoms with Crippen molar-refractivity contribution in [3.05, 3.63) is 52.6 Å². The Kier molecular flexibility index (Phi) is 5.34. The van der Waals surface area contributed by atoms with Crippen molar-refractivity contribution in [2.75, 3.05) is 13.1 Å². The van der Waals surface area contributed by atoms with E-state index in [2.05, 4.69) is 11.9 Å². The van der Waals surface area contributed by atoms with Crippen LogP contribution in [0.4, 0.5) is 13.2 Å². The molecule has 1 unspecified atom stereocenters. The average molecular weight is 379 g/mol. The third-order valence-electron chi connectivity index (χ3n) is 4.70. The fourth-order valence-corrected chi connectivity index (χ4v) is 3.19. The van der Waals surface area contributed by atoms with Gasteiger partial charge in [0.05, 0.1) is 17.6 Å². The van der Waals surface area contributed by atoms with Gasteiger partial charge in [-0.1, -0.05) is 19.1 Å². The number of hydrogen-bond acceptors (Lipinski definition) is 3. The highest BCUT2D eigenvalue weighted by Gasteiger charge is 2.30. The minimum atomic E-state index is -4.42. The van der Waals surface area contributed by atoms with Crippen molar-refractivity contribution in [3.63, 3.8) is 0 Å². The molecule has 1 atom stereocenters. The van der Waals surface area contributed by atoms with E-state index in [1.807, 2.05) is 0 Å². The van der Waals surface area contributed by atoms with Gasteiger partial charge in [0.15, 0.2) is 0 Å². The normalized spacial score (nSPS) is 17.8. The maximum atomic E-state index is 12.6. The van der Waals surface area contributed by atoms with Gasteiger partial charge in [0.1, 0.15) is 6.54 Å². The molecule has 0 N–H and O–H groups in total. The minimum absolute atomic E-state index is 0.0914. The molecule has 1 fully saturated rings. The van der Waals surface area contributed by atoms with Crippen molar-refractivity contribution >= 4 is 5.91 Å². The molecular weight excluding hydrogens is 359 g/mol. The van der Waals surface area contributed by atoms with E-state index in [1.165, 1.54) is 29.1 Å². The summed E-state index contributed by atoms with van der Waals surface area (Å²) in [4.78, 5) is 30.6. The highest BCUT2D eigenvalue weighted by molar-refractivity contribution is 5.76. The predicted molar refractivity (Wildman–Crippen MR) is 93.9 cm³/mol. The highest BCUT2D eigenvalue weighted by atomic mass is 19.4. The number of carbonyl (C=O) groups excluding carboxylic acids is 1. The molecule has 2 heterocycles. The van der Waals surface area contributed by atoms with E-state index in [-0.39, 0.29) is 18.1 Å². The van der Waals surface area contributed by atoms with Crippen LogP contribution in [0.15, 0.2) is 41.5 Å². The molecule has 0 bridgehead atoms. The first-order valence-electron chi connectivity index (χ1n) is 8.76. The molecule has 2 aromatic rings. The van der Waals surface area contributed by atoms with E-state index in [4.69, 9.17) is 0 Å². The molecule has 3 rings (SSSR count). The molecule has 8 heteroatoms. The number of carbonyl (C=O) groups is 1. The second-order valence-corrected chi connectivity index (χ2v) is 6.90. The Labute approximate surface area is 154 Å². The first-order valence-corrected chi connectivity index (χ1v) is 8.76. The van der Waals surface area contributed by atoms with Gasteiger partial charge in [0.2, 0.25) is 5.91 Å². The molecule has 0 spiro atoms. The van der Waals surface area contributed by atoms with Gasteiger partial charge in [-0.15, -0.1) is 0 Å². The first kappa shape index (κ1) is 19.1. The standard InChI is InChI=1S/C19H20F3N3O2/c1-13-3-2-8-24(10-13)18(27)11-25-12-23-16(9-17(25)26)14-4-6-15(7-5-14)19(20,21)22/h4-7,9,12-13H,2-3,8,10-11H2,1H3. The Morgan fingerprint density at radius 1 is 1.26 bits per heavy atom. The molecule has 144 valence electrons. The summed E-state index contributed by atoms with van der Waals surface area (Å²) in [5.74, 6) is 0.312. The number of amides is 1. The van der Waals surface area contributed by atoms with Gasteiger partial charge in [-0.25, -0.2) is 4.98 Å². The Hall–Kier alpha value is -2.64. The number of nitrogens with zero attached hydrogens (tertiary/aromatic N) is 3. The molecular formula is C19H20F3N3O2. The van der Waals surface area contributed by atoms with Gasteiger partial charge in [-0.2, -0.15) is 13.2 Å². The summed E-state index contributed by atoms with van der Waals surface area (Å²) in [6, 6.07) is 5.67. The zero-order valence-electron chi connectivity index (χ0n) is 14.9. The quantitative estimate of drug-likeness (QED) is 0.823. The van der Waals surface area contributed by atoms with Gasteiger partial charge < -0.3 is 4.90 Å². The number of rotatable bonds is 3. The Morgan fingerprint density at radius 2 is 1.96 bits per heavy atom. The lowest BCUT2D eigenvalue weighted by molar-refractivity contribution is -0.137. The van der Waals surface area contributed by atoms with Gasteiger partial charge in [-0.05, 0) is 30.9 Å². The summed E-state index contributed by atoms with van der Waals surface area (Å²) in [6.07, 6.45) is -1.11. The van der Waals surface area contributed by atoms with Crippen LogP contribution in [0, 0.1) is 5.92 Å². The van der Waals surface area contributed by atoms with E-state index in [0.29, 0.717) is 24.6 Å². The molecule has 1 aliphatic heterocycles. The number of benzene rings is 1. The van der Waals surface area contributed by atoms with Crippen LogP contribution >= 0.6 is 0 Å². The molecule has 1 saturated heterocycles. The maximum absolute atomic E-state index is 12.6. The van der Waals surface area contributed by atoms with Crippen molar-refractivity contribution in [1.82, 2.24) is 14.5 Å². The average Bonchev–Trinajstić information content (AvgIpc) is 2.62. The van der Waals surface area contributed by atoms with Crippen LogP contribution in [0.2, 0.25) is 0 Å². The van der Waals surface area contributed by atoms with E-state index < -0.39 is 17.3 Å². The predicted octanol–water partition coefficient (Wildman–Crippen LogP) is 3.19. The number of piperidine rings is 1. The van der Waals surface area contributed by atoms with Crippen LogP contribution < -0.4 is 5.56 Å². The zero-order chi connectivity index (χ0) is 19.6. The van der Waals surface area contributed by atoms with Gasteiger partial charge in [0, 0.05) is 24.7 Å². The largest absolute Gasteiger partial charge is 0.416 e. The van der Waals surface area contributed by atoms with Crippen molar-refractivity contribution in [2.45, 2.75) is 32.5 Å². The molecule has 27 heavy (non-hydrogen) atoms. The van der Waals surface area contributed by atoms with E-state index in [1.54, 1.807) is 4.90 Å². The highest BCUT2D eigenvalue weighted by Crippen LogP contribution is 2.30. The maximum Gasteiger partial charge on any atom is 0.416 e. The number of hydrogen-bond donors (Lipinski definition) is 0. The van der Waals surface area contributed by atoms with E-state index >= 15 is 0 Å². The molecule has 1 aliphatic rings. The second kappa shape index (κ2) is 7.54. The van der Waals surface area contributed by atoms with Crippen molar-refractivity contribution < 1.29 is 18.0 Å². The summed E-state index contributed by atoms with van der Waals surface area (Å²) in [5.41, 5.74) is -0.508. The molecule has 0 aliphatic carbocycles. The summed E-state index contributed by atoms with van der Waals surface area (Å²) < 4.78 is 39.1. The second-order valence-electron chi connectivity index (χ2n) is 6.90. The summed E-state index contributed by atoms with van der Waals surface area (Å²) in [7, 11) is 0. The molecule has 0 radical (unpaired) electrons. The molecule has 1 aromatic carbocycles. The van der Waals surface area contributed by atoms with E-state index in [0.717, 1.165) is 25.0 Å². The summed E-state index contributed by atoms with van der Waals surface area (Å²) in [6.45, 7) is 3.37. The third-order valence-corrected chi connectivity index (χ3v) is 4.70. The summed E-state index contributed by atoms with van der Waals surface area (Å²) >= 11 is 0. The zero-order valence-corrected chi connectivity index (χ0v) is 14.9. The number of halogens is 3. The first-order chi connectivity index (χ1) is 12.7. The molecule has 1 amide bonds. The van der Waals surface area contributed by atoms with Crippen LogP contribution in [-0.2, 0) is 17.5 Å². The Morgan fingerprint density at radius 3 is 2.56 bits per heavy atom.